The van der Waals surface area contributed by atoms with Gasteiger partial charge in [0.15, 0.2) is 0 Å². The van der Waals surface area contributed by atoms with Gasteiger partial charge in [-0.1, -0.05) is 78.9 Å². The van der Waals surface area contributed by atoms with Crippen molar-refractivity contribution >= 4 is 0 Å². The molecule has 3 aromatic carbocycles. The number of hydrogen-bond donors (Lipinski definition) is 2. The van der Waals surface area contributed by atoms with Gasteiger partial charge in [-0.3, -0.25) is 0 Å². The Morgan fingerprint density at radius 1 is 0.607 bits per heavy atom. The molecule has 0 heterocycles. The fourth-order valence-electron chi connectivity index (χ4n) is 4.02. The van der Waals surface area contributed by atoms with Crippen molar-refractivity contribution < 1.29 is 0 Å². The first kappa shape index (κ1) is 17.7. The number of rotatable bonds is 8. The van der Waals surface area contributed by atoms with Crippen LogP contribution in [0, 0.1) is 0 Å². The topological polar surface area (TPSA) is 24.1 Å². The van der Waals surface area contributed by atoms with Gasteiger partial charge in [0.1, 0.15) is 0 Å². The van der Waals surface area contributed by atoms with E-state index in [-0.39, 0.29) is 0 Å². The normalized spacial score (nSPS) is 20.9. The Morgan fingerprint density at radius 3 is 1.75 bits per heavy atom. The Bertz CT molecular complexity index is 895. The third-order valence-corrected chi connectivity index (χ3v) is 6.00. The lowest BCUT2D eigenvalue weighted by molar-refractivity contribution is 0.600. The summed E-state index contributed by atoms with van der Waals surface area (Å²) in [5, 5.41) is 7.27. The van der Waals surface area contributed by atoms with Crippen LogP contribution in [0.5, 0.6) is 0 Å². The Balaban J connectivity index is 1.17. The fourth-order valence-corrected chi connectivity index (χ4v) is 4.02. The average molecular weight is 369 g/mol. The molecular formula is C26H28N2. The third kappa shape index (κ3) is 4.19. The van der Waals surface area contributed by atoms with Crippen LogP contribution < -0.4 is 10.6 Å². The summed E-state index contributed by atoms with van der Waals surface area (Å²) in [7, 11) is 0. The molecular weight excluding hydrogens is 340 g/mol. The highest BCUT2D eigenvalue weighted by Gasteiger charge is 2.37. The molecule has 2 saturated carbocycles. The molecule has 2 fully saturated rings. The van der Waals surface area contributed by atoms with Crippen molar-refractivity contribution in [2.45, 2.75) is 37.3 Å². The zero-order chi connectivity index (χ0) is 18.8. The van der Waals surface area contributed by atoms with Crippen molar-refractivity contribution in [1.82, 2.24) is 10.6 Å². The summed E-state index contributed by atoms with van der Waals surface area (Å²) in [6.07, 6.45) is 4.01. The molecule has 0 aliphatic heterocycles. The van der Waals surface area contributed by atoms with Crippen LogP contribution in [0.4, 0.5) is 0 Å². The molecule has 3 aromatic rings. The Kier molecular flexibility index (Phi) is 4.99. The summed E-state index contributed by atoms with van der Waals surface area (Å²) in [5.41, 5.74) is 6.58. The highest BCUT2D eigenvalue weighted by Crippen LogP contribution is 2.41. The van der Waals surface area contributed by atoms with Crippen molar-refractivity contribution in [1.29, 1.82) is 0 Å². The van der Waals surface area contributed by atoms with Crippen LogP contribution in [-0.2, 0) is 0 Å². The smallest absolute Gasteiger partial charge is 0.0143 e. The molecule has 0 spiro atoms. The second-order valence-corrected chi connectivity index (χ2v) is 8.20. The van der Waals surface area contributed by atoms with E-state index in [1.165, 1.54) is 47.1 Å². The minimum atomic E-state index is 0.664. The molecule has 2 N–H and O–H groups in total. The van der Waals surface area contributed by atoms with E-state index in [1.807, 2.05) is 0 Å². The second kappa shape index (κ2) is 7.90. The van der Waals surface area contributed by atoms with Crippen LogP contribution in [0.15, 0.2) is 78.9 Å². The van der Waals surface area contributed by atoms with E-state index < -0.39 is 0 Å². The van der Waals surface area contributed by atoms with Crippen molar-refractivity contribution in [3.8, 4) is 22.3 Å². The van der Waals surface area contributed by atoms with E-state index in [4.69, 9.17) is 0 Å². The number of benzene rings is 3. The first-order chi connectivity index (χ1) is 13.9. The second-order valence-electron chi connectivity index (χ2n) is 8.20. The summed E-state index contributed by atoms with van der Waals surface area (Å²) < 4.78 is 0. The van der Waals surface area contributed by atoms with E-state index in [9.17, 15) is 0 Å². The van der Waals surface area contributed by atoms with Crippen LogP contribution in [0.3, 0.4) is 0 Å². The molecule has 5 rings (SSSR count). The van der Waals surface area contributed by atoms with Crippen LogP contribution in [0.2, 0.25) is 0 Å². The minimum Gasteiger partial charge on any atom is -0.313 e. The highest BCUT2D eigenvalue weighted by atomic mass is 15.0. The van der Waals surface area contributed by atoms with Gasteiger partial charge < -0.3 is 10.6 Å². The molecule has 0 radical (unpaired) electrons. The maximum Gasteiger partial charge on any atom is 0.0143 e. The van der Waals surface area contributed by atoms with E-state index in [1.54, 1.807) is 0 Å². The molecule has 2 nitrogen and oxygen atoms in total. The molecule has 2 aliphatic carbocycles. The fraction of sp³-hybridized carbons (Fsp3) is 0.308. The summed E-state index contributed by atoms with van der Waals surface area (Å²) >= 11 is 0. The molecule has 2 atom stereocenters. The van der Waals surface area contributed by atoms with Crippen LogP contribution >= 0.6 is 0 Å². The minimum absolute atomic E-state index is 0.664. The van der Waals surface area contributed by atoms with Gasteiger partial charge in [-0.15, -0.1) is 0 Å². The number of hydrogen-bond acceptors (Lipinski definition) is 2. The predicted molar refractivity (Wildman–Crippen MR) is 117 cm³/mol. The van der Waals surface area contributed by atoms with Gasteiger partial charge in [-0.2, -0.15) is 0 Å². The Hall–Kier alpha value is -2.42. The molecule has 0 amide bonds. The lowest BCUT2D eigenvalue weighted by Crippen LogP contribution is -2.30. The van der Waals surface area contributed by atoms with Gasteiger partial charge in [0, 0.05) is 31.1 Å². The summed E-state index contributed by atoms with van der Waals surface area (Å²) in [6.45, 7) is 2.19. The zero-order valence-electron chi connectivity index (χ0n) is 16.3. The summed E-state index contributed by atoms with van der Waals surface area (Å²) in [5.74, 6) is 0.690. The van der Waals surface area contributed by atoms with Gasteiger partial charge in [-0.25, -0.2) is 0 Å². The van der Waals surface area contributed by atoms with E-state index in [2.05, 4.69) is 89.5 Å². The van der Waals surface area contributed by atoms with Crippen LogP contribution in [0.1, 0.15) is 30.7 Å². The molecule has 28 heavy (non-hydrogen) atoms. The number of nitrogens with one attached hydrogen (secondary N) is 2. The molecule has 2 unspecified atom stereocenters. The predicted octanol–water partition coefficient (Wildman–Crippen LogP) is 5.22. The summed E-state index contributed by atoms with van der Waals surface area (Å²) in [6, 6.07) is 30.1. The molecule has 142 valence electrons. The quantitative estimate of drug-likeness (QED) is 0.533. The molecule has 0 saturated heterocycles. The van der Waals surface area contributed by atoms with Gasteiger partial charge in [-0.05, 0) is 47.1 Å². The first-order valence-electron chi connectivity index (χ1n) is 10.6. The van der Waals surface area contributed by atoms with Crippen molar-refractivity contribution in [2.75, 3.05) is 13.1 Å². The van der Waals surface area contributed by atoms with Gasteiger partial charge in [0.05, 0.1) is 0 Å². The average Bonchev–Trinajstić information content (AvgIpc) is 3.68. The lowest BCUT2D eigenvalue weighted by atomic mass is 9.99. The standard InChI is InChI=1S/C26H28N2/c1-2-4-19(5-3-1)20-6-8-21(9-7-20)22-10-12-23(13-11-22)25-18-26(25)28-17-16-27-24-14-15-24/h1-13,24-28H,14-18H2. The Morgan fingerprint density at radius 2 is 1.14 bits per heavy atom. The Labute approximate surface area is 168 Å². The van der Waals surface area contributed by atoms with Crippen molar-refractivity contribution in [3.63, 3.8) is 0 Å². The van der Waals surface area contributed by atoms with Gasteiger partial charge >= 0.3 is 0 Å². The third-order valence-electron chi connectivity index (χ3n) is 6.00. The van der Waals surface area contributed by atoms with Crippen LogP contribution in [0.25, 0.3) is 22.3 Å². The molecule has 0 bridgehead atoms. The van der Waals surface area contributed by atoms with E-state index in [0.717, 1.165) is 19.1 Å². The SMILES string of the molecule is c1ccc(-c2ccc(-c3ccc(C4CC4NCCNC4CC4)cc3)cc2)cc1. The monoisotopic (exact) mass is 368 g/mol. The summed E-state index contributed by atoms with van der Waals surface area (Å²) in [4.78, 5) is 0. The van der Waals surface area contributed by atoms with Gasteiger partial charge in [0.25, 0.3) is 0 Å². The van der Waals surface area contributed by atoms with E-state index >= 15 is 0 Å². The molecule has 2 aliphatic rings. The van der Waals surface area contributed by atoms with Gasteiger partial charge in [0.2, 0.25) is 0 Å². The van der Waals surface area contributed by atoms with Crippen LogP contribution in [-0.4, -0.2) is 25.2 Å². The lowest BCUT2D eigenvalue weighted by Gasteiger charge is -2.08. The molecule has 0 aromatic heterocycles. The zero-order valence-corrected chi connectivity index (χ0v) is 16.3. The van der Waals surface area contributed by atoms with E-state index in [0.29, 0.717) is 12.0 Å². The van der Waals surface area contributed by atoms with Crippen molar-refractivity contribution in [2.24, 2.45) is 0 Å². The maximum absolute atomic E-state index is 3.69. The maximum atomic E-state index is 3.69. The largest absolute Gasteiger partial charge is 0.313 e. The highest BCUT2D eigenvalue weighted by molar-refractivity contribution is 5.70. The van der Waals surface area contributed by atoms with Crippen molar-refractivity contribution in [3.05, 3.63) is 84.4 Å². The molecule has 2 heteroatoms. The first-order valence-corrected chi connectivity index (χ1v) is 10.6.